The second-order valence-electron chi connectivity index (χ2n) is 5.16. The van der Waals surface area contributed by atoms with Crippen LogP contribution in [0.15, 0.2) is 0 Å². The quantitative estimate of drug-likeness (QED) is 0.637. The zero-order valence-corrected chi connectivity index (χ0v) is 11.5. The number of alkyl halides is 1. The highest BCUT2D eigenvalue weighted by molar-refractivity contribution is 9.09. The highest BCUT2D eigenvalue weighted by atomic mass is 79.9. The number of hydrogen-bond donors (Lipinski definition) is 0. The van der Waals surface area contributed by atoms with Crippen molar-refractivity contribution in [2.24, 2.45) is 0 Å². The van der Waals surface area contributed by atoms with Crippen LogP contribution in [-0.2, 0) is 4.74 Å². The van der Waals surface area contributed by atoms with E-state index < -0.39 is 5.60 Å². The van der Waals surface area contributed by atoms with Crippen LogP contribution in [0.3, 0.4) is 0 Å². The summed E-state index contributed by atoms with van der Waals surface area (Å²) in [7, 11) is 0. The molecule has 0 radical (unpaired) electrons. The zero-order valence-electron chi connectivity index (χ0n) is 9.92. The Kier molecular flexibility index (Phi) is 4.04. The van der Waals surface area contributed by atoms with Gasteiger partial charge >= 0.3 is 6.09 Å². The summed E-state index contributed by atoms with van der Waals surface area (Å²) in [5.74, 6) is 0. The van der Waals surface area contributed by atoms with Crippen LogP contribution < -0.4 is 0 Å². The third kappa shape index (κ3) is 4.01. The van der Waals surface area contributed by atoms with Crippen molar-refractivity contribution in [1.29, 1.82) is 0 Å². The number of nitrogens with zero attached hydrogens (tertiary/aromatic N) is 1. The first-order chi connectivity index (χ1) is 6.79. The van der Waals surface area contributed by atoms with E-state index in [1.54, 1.807) is 0 Å². The lowest BCUT2D eigenvalue weighted by molar-refractivity contribution is 0.0129. The molecule has 3 nitrogen and oxygen atoms in total. The fraction of sp³-hybridized carbons (Fsp3) is 0.909. The van der Waals surface area contributed by atoms with Gasteiger partial charge in [0.05, 0.1) is 0 Å². The molecule has 4 heteroatoms. The molecule has 0 aliphatic carbocycles. The van der Waals surface area contributed by atoms with Gasteiger partial charge in [-0.3, -0.25) is 0 Å². The molecule has 1 amide bonds. The summed E-state index contributed by atoms with van der Waals surface area (Å²) in [5.41, 5.74) is -0.407. The first-order valence-electron chi connectivity index (χ1n) is 5.43. The van der Waals surface area contributed by atoms with Crippen LogP contribution in [0.1, 0.15) is 40.5 Å². The molecule has 1 heterocycles. The molecule has 0 bridgehead atoms. The van der Waals surface area contributed by atoms with Gasteiger partial charge in [-0.25, -0.2) is 4.79 Å². The van der Waals surface area contributed by atoms with E-state index in [1.165, 1.54) is 0 Å². The smallest absolute Gasteiger partial charge is 0.410 e. The maximum absolute atomic E-state index is 11.9. The topological polar surface area (TPSA) is 29.5 Å². The lowest BCUT2D eigenvalue weighted by Crippen LogP contribution is -2.47. The molecule has 2 atom stereocenters. The lowest BCUT2D eigenvalue weighted by atomic mass is 10.0. The average Bonchev–Trinajstić information content (AvgIpc) is 2.06. The molecule has 0 N–H and O–H groups in total. The number of carbonyl (C=O) groups excluding carboxylic acids is 1. The van der Waals surface area contributed by atoms with Crippen LogP contribution in [-0.4, -0.2) is 34.0 Å². The molecule has 0 aromatic rings. The molecule has 1 saturated heterocycles. The molecule has 88 valence electrons. The van der Waals surface area contributed by atoms with Gasteiger partial charge in [0.25, 0.3) is 0 Å². The molecule has 15 heavy (non-hydrogen) atoms. The summed E-state index contributed by atoms with van der Waals surface area (Å²) in [5, 5.41) is 0. The van der Waals surface area contributed by atoms with E-state index in [0.717, 1.165) is 19.4 Å². The summed E-state index contributed by atoms with van der Waals surface area (Å²) in [6, 6.07) is 0.286. The number of rotatable bonds is 0. The fourth-order valence-corrected chi connectivity index (χ4v) is 2.21. The number of hydrogen-bond acceptors (Lipinski definition) is 2. The van der Waals surface area contributed by atoms with Gasteiger partial charge in [-0.15, -0.1) is 0 Å². The molecule has 0 unspecified atom stereocenters. The van der Waals surface area contributed by atoms with Crippen molar-refractivity contribution in [1.82, 2.24) is 4.90 Å². The summed E-state index contributed by atoms with van der Waals surface area (Å²) in [6.45, 7) is 8.50. The van der Waals surface area contributed by atoms with Gasteiger partial charge in [0.2, 0.25) is 0 Å². The van der Waals surface area contributed by atoms with Crippen LogP contribution in [0.5, 0.6) is 0 Å². The highest BCUT2D eigenvalue weighted by Crippen LogP contribution is 2.23. The van der Waals surface area contributed by atoms with Gasteiger partial charge < -0.3 is 9.64 Å². The Balaban J connectivity index is 2.57. The first kappa shape index (κ1) is 12.8. The molecule has 1 aliphatic rings. The van der Waals surface area contributed by atoms with Crippen molar-refractivity contribution in [3.8, 4) is 0 Å². The number of halogens is 1. The first-order valence-corrected chi connectivity index (χ1v) is 6.35. The summed E-state index contributed by atoms with van der Waals surface area (Å²) >= 11 is 3.55. The zero-order chi connectivity index (χ0) is 11.6. The third-order valence-electron chi connectivity index (χ3n) is 2.45. The standard InChI is InChI=1S/C11H20BrNO2/c1-8-5-6-9(12)7-13(8)10(14)15-11(2,3)4/h8-9H,5-7H2,1-4H3/t8-,9-/m1/s1. The molecule has 0 aromatic carbocycles. The van der Waals surface area contributed by atoms with Gasteiger partial charge in [0.15, 0.2) is 0 Å². The van der Waals surface area contributed by atoms with E-state index >= 15 is 0 Å². The van der Waals surface area contributed by atoms with Crippen molar-refractivity contribution >= 4 is 22.0 Å². The molecule has 0 spiro atoms. The Morgan fingerprint density at radius 3 is 2.53 bits per heavy atom. The SMILES string of the molecule is C[C@@H]1CC[C@@H](Br)CN1C(=O)OC(C)(C)C. The number of likely N-dealkylation sites (tertiary alicyclic amines) is 1. The highest BCUT2D eigenvalue weighted by Gasteiger charge is 2.30. The number of piperidine rings is 1. The van der Waals surface area contributed by atoms with Crippen molar-refractivity contribution in [3.05, 3.63) is 0 Å². The van der Waals surface area contributed by atoms with Crippen LogP contribution in [0.25, 0.3) is 0 Å². The normalized spacial score (nSPS) is 27.7. The van der Waals surface area contributed by atoms with E-state index in [-0.39, 0.29) is 12.1 Å². The molecule has 1 fully saturated rings. The summed E-state index contributed by atoms with van der Waals surface area (Å²) in [4.78, 5) is 14.1. The Hall–Kier alpha value is -0.250. The van der Waals surface area contributed by atoms with E-state index in [4.69, 9.17) is 4.74 Å². The summed E-state index contributed by atoms with van der Waals surface area (Å²) in [6.07, 6.45) is 1.97. The van der Waals surface area contributed by atoms with Crippen LogP contribution in [0.2, 0.25) is 0 Å². The number of carbonyl (C=O) groups is 1. The average molecular weight is 278 g/mol. The molecular weight excluding hydrogens is 258 g/mol. The third-order valence-corrected chi connectivity index (χ3v) is 3.20. The second-order valence-corrected chi connectivity index (χ2v) is 6.45. The monoisotopic (exact) mass is 277 g/mol. The second kappa shape index (κ2) is 4.73. The van der Waals surface area contributed by atoms with Gasteiger partial charge in [0, 0.05) is 17.4 Å². The predicted octanol–water partition coefficient (Wildman–Crippen LogP) is 3.17. The van der Waals surface area contributed by atoms with Crippen molar-refractivity contribution < 1.29 is 9.53 Å². The Morgan fingerprint density at radius 2 is 2.00 bits per heavy atom. The minimum absolute atomic E-state index is 0.195. The Bertz CT molecular complexity index is 237. The van der Waals surface area contributed by atoms with Gasteiger partial charge in [-0.2, -0.15) is 0 Å². The van der Waals surface area contributed by atoms with Crippen LogP contribution >= 0.6 is 15.9 Å². The van der Waals surface area contributed by atoms with E-state index in [9.17, 15) is 4.79 Å². The van der Waals surface area contributed by atoms with E-state index in [2.05, 4.69) is 22.9 Å². The molecule has 0 aromatic heterocycles. The Morgan fingerprint density at radius 1 is 1.40 bits per heavy atom. The van der Waals surface area contributed by atoms with E-state index in [1.807, 2.05) is 25.7 Å². The largest absolute Gasteiger partial charge is 0.444 e. The minimum atomic E-state index is -0.407. The maximum Gasteiger partial charge on any atom is 0.410 e. The van der Waals surface area contributed by atoms with Gasteiger partial charge in [-0.1, -0.05) is 15.9 Å². The van der Waals surface area contributed by atoms with Crippen molar-refractivity contribution in [3.63, 3.8) is 0 Å². The van der Waals surface area contributed by atoms with Crippen molar-refractivity contribution in [2.45, 2.75) is 57.0 Å². The van der Waals surface area contributed by atoms with Crippen LogP contribution in [0, 0.1) is 0 Å². The maximum atomic E-state index is 11.9. The molecule has 0 saturated carbocycles. The number of amides is 1. The molecular formula is C11H20BrNO2. The van der Waals surface area contributed by atoms with E-state index in [0.29, 0.717) is 4.83 Å². The van der Waals surface area contributed by atoms with Gasteiger partial charge in [-0.05, 0) is 40.5 Å². The number of ether oxygens (including phenoxy) is 1. The fourth-order valence-electron chi connectivity index (χ4n) is 1.64. The predicted molar refractivity (Wildman–Crippen MR) is 64.4 cm³/mol. The van der Waals surface area contributed by atoms with Crippen molar-refractivity contribution in [2.75, 3.05) is 6.54 Å². The Labute approximate surface area is 100 Å². The van der Waals surface area contributed by atoms with Gasteiger partial charge in [0.1, 0.15) is 5.60 Å². The summed E-state index contributed by atoms with van der Waals surface area (Å²) < 4.78 is 5.36. The minimum Gasteiger partial charge on any atom is -0.444 e. The molecule has 1 aliphatic heterocycles. The molecule has 1 rings (SSSR count). The lowest BCUT2D eigenvalue weighted by Gasteiger charge is -2.36. The van der Waals surface area contributed by atoms with Crippen LogP contribution in [0.4, 0.5) is 4.79 Å².